The SMILES string of the molecule is CCCC(=O)NC(C)(C)C#CCOc1nc2c(C)cccc2o1. The first-order chi connectivity index (χ1) is 10.9. The largest absolute Gasteiger partial charge is 0.437 e. The summed E-state index contributed by atoms with van der Waals surface area (Å²) >= 11 is 0. The maximum Gasteiger partial charge on any atom is 0.395 e. The number of para-hydroxylation sites is 1. The van der Waals surface area contributed by atoms with E-state index in [1.54, 1.807) is 0 Å². The van der Waals surface area contributed by atoms with Gasteiger partial charge in [0.2, 0.25) is 5.91 Å². The fourth-order valence-electron chi connectivity index (χ4n) is 2.15. The minimum atomic E-state index is -0.590. The van der Waals surface area contributed by atoms with Crippen LogP contribution in [0.5, 0.6) is 6.08 Å². The lowest BCUT2D eigenvalue weighted by atomic mass is 10.1. The smallest absolute Gasteiger partial charge is 0.395 e. The molecule has 5 heteroatoms. The van der Waals surface area contributed by atoms with Crippen LogP contribution in [0.3, 0.4) is 0 Å². The van der Waals surface area contributed by atoms with Gasteiger partial charge in [0.15, 0.2) is 12.2 Å². The maximum absolute atomic E-state index is 11.6. The number of carbonyl (C=O) groups excluding carboxylic acids is 1. The number of aryl methyl sites for hydroxylation is 1. The van der Waals surface area contributed by atoms with Gasteiger partial charge in [-0.05, 0) is 38.8 Å². The molecule has 1 heterocycles. The Bertz CT molecular complexity index is 750. The summed E-state index contributed by atoms with van der Waals surface area (Å²) < 4.78 is 10.9. The lowest BCUT2D eigenvalue weighted by molar-refractivity contribution is -0.122. The standard InChI is InChI=1S/C18H22N2O3/c1-5-8-15(21)20-18(3,4)11-7-12-22-17-19-16-13(2)9-6-10-14(16)23-17/h6,9-10H,5,8,12H2,1-4H3,(H,20,21). The zero-order valence-corrected chi connectivity index (χ0v) is 14.0. The molecule has 0 aliphatic heterocycles. The number of nitrogens with one attached hydrogen (secondary N) is 1. The fraction of sp³-hybridized carbons (Fsp3) is 0.444. The van der Waals surface area contributed by atoms with Crippen molar-refractivity contribution in [1.82, 2.24) is 10.3 Å². The van der Waals surface area contributed by atoms with Gasteiger partial charge in [-0.2, -0.15) is 4.98 Å². The highest BCUT2D eigenvalue weighted by molar-refractivity contribution is 5.77. The second-order valence-corrected chi connectivity index (χ2v) is 5.92. The monoisotopic (exact) mass is 314 g/mol. The quantitative estimate of drug-likeness (QED) is 0.861. The zero-order chi connectivity index (χ0) is 16.9. The Morgan fingerprint density at radius 2 is 2.22 bits per heavy atom. The minimum absolute atomic E-state index is 0.00199. The average molecular weight is 314 g/mol. The number of aromatic nitrogens is 1. The molecular formula is C18H22N2O3. The first kappa shape index (κ1) is 16.9. The van der Waals surface area contributed by atoms with Gasteiger partial charge in [0.1, 0.15) is 5.52 Å². The second kappa shape index (κ2) is 7.19. The molecule has 0 unspecified atom stereocenters. The Hall–Kier alpha value is -2.48. The Balaban J connectivity index is 1.93. The van der Waals surface area contributed by atoms with Crippen LogP contribution in [0.2, 0.25) is 0 Å². The lowest BCUT2D eigenvalue weighted by Crippen LogP contribution is -2.42. The van der Waals surface area contributed by atoms with Crippen molar-refractivity contribution in [3.8, 4) is 17.9 Å². The van der Waals surface area contributed by atoms with Crippen molar-refractivity contribution in [1.29, 1.82) is 0 Å². The van der Waals surface area contributed by atoms with E-state index in [0.29, 0.717) is 12.0 Å². The second-order valence-electron chi connectivity index (χ2n) is 5.92. The molecule has 2 aromatic rings. The van der Waals surface area contributed by atoms with Crippen molar-refractivity contribution in [3.05, 3.63) is 23.8 Å². The molecule has 0 aliphatic rings. The van der Waals surface area contributed by atoms with Gasteiger partial charge in [0.05, 0.1) is 5.54 Å². The van der Waals surface area contributed by atoms with E-state index in [4.69, 9.17) is 9.15 Å². The predicted molar refractivity (Wildman–Crippen MR) is 89.1 cm³/mol. The average Bonchev–Trinajstić information content (AvgIpc) is 2.88. The van der Waals surface area contributed by atoms with Crippen LogP contribution >= 0.6 is 0 Å². The van der Waals surface area contributed by atoms with Gasteiger partial charge in [-0.3, -0.25) is 4.79 Å². The van der Waals surface area contributed by atoms with Crippen molar-refractivity contribution in [3.63, 3.8) is 0 Å². The summed E-state index contributed by atoms with van der Waals surface area (Å²) in [6, 6.07) is 5.73. The summed E-state index contributed by atoms with van der Waals surface area (Å²) in [4.78, 5) is 15.9. The van der Waals surface area contributed by atoms with Gasteiger partial charge in [0, 0.05) is 6.42 Å². The minimum Gasteiger partial charge on any atom is -0.437 e. The third-order valence-corrected chi connectivity index (χ3v) is 3.20. The first-order valence-corrected chi connectivity index (χ1v) is 7.71. The third kappa shape index (κ3) is 4.75. The summed E-state index contributed by atoms with van der Waals surface area (Å²) in [5, 5.41) is 2.88. The molecule has 0 saturated carbocycles. The molecule has 0 bridgehead atoms. The highest BCUT2D eigenvalue weighted by Crippen LogP contribution is 2.22. The van der Waals surface area contributed by atoms with Crippen LogP contribution in [0.4, 0.5) is 0 Å². The Labute approximate surface area is 136 Å². The fourth-order valence-corrected chi connectivity index (χ4v) is 2.15. The molecule has 0 fully saturated rings. The number of oxazole rings is 1. The third-order valence-electron chi connectivity index (χ3n) is 3.20. The number of carbonyl (C=O) groups is 1. The molecular weight excluding hydrogens is 292 g/mol. The molecule has 0 aliphatic carbocycles. The molecule has 0 radical (unpaired) electrons. The van der Waals surface area contributed by atoms with E-state index in [1.165, 1.54) is 0 Å². The van der Waals surface area contributed by atoms with Gasteiger partial charge in [-0.15, -0.1) is 0 Å². The van der Waals surface area contributed by atoms with Crippen molar-refractivity contribution in [2.24, 2.45) is 0 Å². The predicted octanol–water partition coefficient (Wildman–Crippen LogP) is 3.21. The molecule has 23 heavy (non-hydrogen) atoms. The number of ether oxygens (including phenoxy) is 1. The van der Waals surface area contributed by atoms with E-state index >= 15 is 0 Å². The van der Waals surface area contributed by atoms with E-state index in [9.17, 15) is 4.79 Å². The molecule has 1 aromatic carbocycles. The molecule has 122 valence electrons. The number of benzene rings is 1. The number of hydrogen-bond donors (Lipinski definition) is 1. The van der Waals surface area contributed by atoms with Gasteiger partial charge in [-0.1, -0.05) is 30.9 Å². The number of nitrogens with zero attached hydrogens (tertiary/aromatic N) is 1. The van der Waals surface area contributed by atoms with E-state index in [-0.39, 0.29) is 18.6 Å². The first-order valence-electron chi connectivity index (χ1n) is 7.71. The molecule has 0 saturated heterocycles. The number of rotatable bonds is 5. The van der Waals surface area contributed by atoms with Crippen LogP contribution in [-0.2, 0) is 4.79 Å². The zero-order valence-electron chi connectivity index (χ0n) is 14.0. The molecule has 2 rings (SSSR count). The van der Waals surface area contributed by atoms with Gasteiger partial charge in [0.25, 0.3) is 0 Å². The van der Waals surface area contributed by atoms with E-state index < -0.39 is 5.54 Å². The Morgan fingerprint density at radius 3 is 2.91 bits per heavy atom. The topological polar surface area (TPSA) is 64.4 Å². The molecule has 0 atom stereocenters. The van der Waals surface area contributed by atoms with Gasteiger partial charge < -0.3 is 14.5 Å². The maximum atomic E-state index is 11.6. The normalized spacial score (nSPS) is 11.0. The molecule has 5 nitrogen and oxygen atoms in total. The molecule has 0 spiro atoms. The lowest BCUT2D eigenvalue weighted by Gasteiger charge is -2.19. The van der Waals surface area contributed by atoms with Crippen LogP contribution in [0.15, 0.2) is 22.6 Å². The van der Waals surface area contributed by atoms with E-state index in [1.807, 2.05) is 45.9 Å². The van der Waals surface area contributed by atoms with Gasteiger partial charge >= 0.3 is 6.08 Å². The van der Waals surface area contributed by atoms with Crippen molar-refractivity contribution >= 4 is 17.0 Å². The molecule has 1 aromatic heterocycles. The van der Waals surface area contributed by atoms with Crippen LogP contribution in [-0.4, -0.2) is 23.0 Å². The van der Waals surface area contributed by atoms with Crippen molar-refractivity contribution < 1.29 is 13.9 Å². The summed E-state index contributed by atoms with van der Waals surface area (Å²) in [6.45, 7) is 7.80. The van der Waals surface area contributed by atoms with Crippen LogP contribution in [0.1, 0.15) is 39.2 Å². The summed E-state index contributed by atoms with van der Waals surface area (Å²) in [6.07, 6.45) is 1.52. The van der Waals surface area contributed by atoms with Crippen LogP contribution in [0.25, 0.3) is 11.1 Å². The number of fused-ring (bicyclic) bond motifs is 1. The summed E-state index contributed by atoms with van der Waals surface area (Å²) in [5.41, 5.74) is 1.93. The van der Waals surface area contributed by atoms with Gasteiger partial charge in [-0.25, -0.2) is 0 Å². The highest BCUT2D eigenvalue weighted by atomic mass is 16.6. The Kier molecular flexibility index (Phi) is 5.28. The van der Waals surface area contributed by atoms with Crippen molar-refractivity contribution in [2.45, 2.75) is 46.1 Å². The number of hydrogen-bond acceptors (Lipinski definition) is 4. The van der Waals surface area contributed by atoms with Crippen molar-refractivity contribution in [2.75, 3.05) is 6.61 Å². The Morgan fingerprint density at radius 1 is 1.43 bits per heavy atom. The molecule has 1 N–H and O–H groups in total. The van der Waals surface area contributed by atoms with E-state index in [0.717, 1.165) is 17.5 Å². The van der Waals surface area contributed by atoms with E-state index in [2.05, 4.69) is 22.1 Å². The van der Waals surface area contributed by atoms with Crippen LogP contribution in [0, 0.1) is 18.8 Å². The number of amides is 1. The highest BCUT2D eigenvalue weighted by Gasteiger charge is 2.16. The summed E-state index contributed by atoms with van der Waals surface area (Å²) in [7, 11) is 0. The molecule has 1 amide bonds. The summed E-state index contributed by atoms with van der Waals surface area (Å²) in [5.74, 6) is 5.88. The van der Waals surface area contributed by atoms with Crippen LogP contribution < -0.4 is 10.1 Å².